The maximum absolute atomic E-state index is 11.2. The Labute approximate surface area is 214 Å². The van der Waals surface area contributed by atoms with Crippen molar-refractivity contribution in [3.05, 3.63) is 23.7 Å². The largest absolute Gasteiger partial charge is 0.390 e. The molecule has 11 heteroatoms. The van der Waals surface area contributed by atoms with Gasteiger partial charge in [-0.15, -0.1) is 11.3 Å². The lowest BCUT2D eigenvalue weighted by Gasteiger charge is -2.32. The zero-order chi connectivity index (χ0) is 25.4. The predicted molar refractivity (Wildman–Crippen MR) is 139 cm³/mol. The van der Waals surface area contributed by atoms with Crippen molar-refractivity contribution >= 4 is 33.3 Å². The Bertz CT molecular complexity index is 1230. The molecule has 3 aromatic heterocycles. The number of hydrogen-bond acceptors (Lipinski definition) is 11. The number of nitrogens with one attached hydrogen (secondary N) is 2. The monoisotopic (exact) mass is 514 g/mol. The second-order valence-corrected chi connectivity index (χ2v) is 11.0. The van der Waals surface area contributed by atoms with E-state index < -0.39 is 29.8 Å². The van der Waals surface area contributed by atoms with Crippen LogP contribution in [-0.4, -0.2) is 79.4 Å². The number of methoxy groups -OCH3 is 1. The Morgan fingerprint density at radius 2 is 1.89 bits per heavy atom. The molecule has 4 atom stereocenters. The lowest BCUT2D eigenvalue weighted by atomic mass is 9.83. The topological polar surface area (TPSA) is 146 Å². The van der Waals surface area contributed by atoms with Crippen LogP contribution >= 0.6 is 11.3 Å². The van der Waals surface area contributed by atoms with Gasteiger partial charge in [-0.05, 0) is 39.2 Å². The van der Waals surface area contributed by atoms with E-state index in [2.05, 4.69) is 20.6 Å². The van der Waals surface area contributed by atoms with Gasteiger partial charge in [0.1, 0.15) is 22.4 Å². The number of aromatic nitrogens is 4. The molecular formula is C25H34N6O4S. The van der Waals surface area contributed by atoms with Gasteiger partial charge < -0.3 is 30.7 Å². The van der Waals surface area contributed by atoms with Crippen LogP contribution in [0.4, 0.5) is 11.8 Å². The van der Waals surface area contributed by atoms with Crippen LogP contribution in [0.1, 0.15) is 43.5 Å². The normalized spacial score (nSPS) is 25.5. The Morgan fingerprint density at radius 1 is 1.11 bits per heavy atom. The summed E-state index contributed by atoms with van der Waals surface area (Å²) in [4.78, 5) is 18.6. The van der Waals surface area contributed by atoms with E-state index in [1.54, 1.807) is 13.3 Å². The highest BCUT2D eigenvalue weighted by molar-refractivity contribution is 7.21. The van der Waals surface area contributed by atoms with Gasteiger partial charge in [0.25, 0.3) is 0 Å². The highest BCUT2D eigenvalue weighted by Gasteiger charge is 2.52. The molecule has 3 aromatic rings. The molecule has 2 aliphatic rings. The van der Waals surface area contributed by atoms with Gasteiger partial charge in [0.2, 0.25) is 5.95 Å². The van der Waals surface area contributed by atoms with Crippen molar-refractivity contribution in [2.45, 2.75) is 69.8 Å². The molecular weight excluding hydrogens is 480 g/mol. The van der Waals surface area contributed by atoms with Gasteiger partial charge in [0.05, 0.1) is 46.0 Å². The average molecular weight is 515 g/mol. The number of aliphatic hydroxyl groups is 3. The molecule has 0 bridgehead atoms. The first-order valence-electron chi connectivity index (χ1n) is 12.5. The maximum atomic E-state index is 11.2. The summed E-state index contributed by atoms with van der Waals surface area (Å²) in [5.74, 6) is 0.575. The second-order valence-electron chi connectivity index (χ2n) is 9.92. The maximum Gasteiger partial charge on any atom is 0.224 e. The molecule has 0 spiro atoms. The van der Waals surface area contributed by atoms with Crippen molar-refractivity contribution < 1.29 is 20.1 Å². The number of nitrogens with zero attached hydrogens (tertiary/aromatic N) is 4. The Hall–Kier alpha value is -2.44. The molecule has 0 aliphatic heterocycles. The summed E-state index contributed by atoms with van der Waals surface area (Å²) in [7, 11) is 1.63. The summed E-state index contributed by atoms with van der Waals surface area (Å²) in [6, 6.07) is 1.46. The average Bonchev–Trinajstić information content (AvgIpc) is 3.54. The molecule has 2 saturated carbocycles. The molecule has 0 saturated heterocycles. The third kappa shape index (κ3) is 4.66. The fourth-order valence-corrected chi connectivity index (χ4v) is 6.72. The lowest BCUT2D eigenvalue weighted by molar-refractivity contribution is -0.0763. The number of ether oxygens (including phenoxy) is 1. The zero-order valence-electron chi connectivity index (χ0n) is 20.9. The van der Waals surface area contributed by atoms with E-state index in [1.807, 2.05) is 19.9 Å². The molecule has 2 aliphatic carbocycles. The standard InChI is InChI=1S/C25H34N6O4S/c1-13-18(23-30-19-14(2)26-9-6-17(19)36-23)22(31-24(28-13)27-10-11-35-3)29-16-12-15(20(32)21(16)33)25(34)7-4-5-8-25/h6,9,15-16,20-21,32-34H,4-5,7-8,10-12H2,1-3H3,(H2,27,28,29,31)/t15-,16+,20+,21-/m0/s1. The Morgan fingerprint density at radius 3 is 2.61 bits per heavy atom. The quantitative estimate of drug-likeness (QED) is 0.284. The summed E-state index contributed by atoms with van der Waals surface area (Å²) in [5.41, 5.74) is 2.23. The molecule has 36 heavy (non-hydrogen) atoms. The minimum Gasteiger partial charge on any atom is -0.390 e. The Balaban J connectivity index is 1.51. The molecule has 5 rings (SSSR count). The van der Waals surface area contributed by atoms with Crippen LogP contribution in [0.5, 0.6) is 0 Å². The number of hydrogen-bond donors (Lipinski definition) is 5. The van der Waals surface area contributed by atoms with Gasteiger partial charge in [0.15, 0.2) is 0 Å². The number of anilines is 2. The van der Waals surface area contributed by atoms with Crippen LogP contribution in [0.2, 0.25) is 0 Å². The van der Waals surface area contributed by atoms with E-state index in [0.29, 0.717) is 44.2 Å². The number of rotatable bonds is 8. The highest BCUT2D eigenvalue weighted by atomic mass is 32.1. The first-order chi connectivity index (χ1) is 17.3. The van der Waals surface area contributed by atoms with Gasteiger partial charge in [-0.25, -0.2) is 9.97 Å². The van der Waals surface area contributed by atoms with Crippen molar-refractivity contribution in [2.75, 3.05) is 30.9 Å². The molecule has 10 nitrogen and oxygen atoms in total. The lowest BCUT2D eigenvalue weighted by Crippen LogP contribution is -2.42. The third-order valence-electron chi connectivity index (χ3n) is 7.55. The van der Waals surface area contributed by atoms with E-state index in [1.165, 1.54) is 11.3 Å². The summed E-state index contributed by atoms with van der Waals surface area (Å²) < 4.78 is 6.15. The second kappa shape index (κ2) is 10.1. The summed E-state index contributed by atoms with van der Waals surface area (Å²) >= 11 is 1.54. The first kappa shape index (κ1) is 25.2. The predicted octanol–water partition coefficient (Wildman–Crippen LogP) is 2.65. The van der Waals surface area contributed by atoms with E-state index >= 15 is 0 Å². The van der Waals surface area contributed by atoms with Gasteiger partial charge in [-0.2, -0.15) is 4.98 Å². The van der Waals surface area contributed by atoms with Crippen LogP contribution in [0.3, 0.4) is 0 Å². The van der Waals surface area contributed by atoms with E-state index in [-0.39, 0.29) is 0 Å². The van der Waals surface area contributed by atoms with Crippen LogP contribution in [0, 0.1) is 19.8 Å². The van der Waals surface area contributed by atoms with Crippen molar-refractivity contribution in [1.82, 2.24) is 19.9 Å². The fraction of sp³-hybridized carbons (Fsp3) is 0.600. The highest BCUT2D eigenvalue weighted by Crippen LogP contribution is 2.45. The minimum atomic E-state index is -1.03. The zero-order valence-corrected chi connectivity index (χ0v) is 21.7. The molecule has 3 heterocycles. The summed E-state index contributed by atoms with van der Waals surface area (Å²) in [6.45, 7) is 4.89. The number of pyridine rings is 1. The van der Waals surface area contributed by atoms with Crippen LogP contribution in [-0.2, 0) is 4.74 Å². The number of aliphatic hydroxyl groups excluding tert-OH is 2. The van der Waals surface area contributed by atoms with Crippen molar-refractivity contribution in [1.29, 1.82) is 0 Å². The third-order valence-corrected chi connectivity index (χ3v) is 8.59. The van der Waals surface area contributed by atoms with Crippen LogP contribution < -0.4 is 10.6 Å². The molecule has 0 unspecified atom stereocenters. The number of thiazole rings is 1. The van der Waals surface area contributed by atoms with Gasteiger partial charge in [-0.3, -0.25) is 4.98 Å². The van der Waals surface area contributed by atoms with E-state index in [4.69, 9.17) is 14.7 Å². The number of aryl methyl sites for hydroxylation is 2. The summed E-state index contributed by atoms with van der Waals surface area (Å²) in [6.07, 6.45) is 3.35. The SMILES string of the molecule is COCCNc1nc(C)c(-c2nc3c(C)nccc3s2)c(N[C@@H]2C[C@H](C3(O)CCCC3)[C@@H](O)[C@H]2O)n1. The molecule has 194 valence electrons. The van der Waals surface area contributed by atoms with Crippen molar-refractivity contribution in [3.8, 4) is 10.6 Å². The molecule has 2 fully saturated rings. The summed E-state index contributed by atoms with van der Waals surface area (Å²) in [5, 5.41) is 40.3. The molecule has 0 aromatic carbocycles. The van der Waals surface area contributed by atoms with Crippen molar-refractivity contribution in [3.63, 3.8) is 0 Å². The molecule has 0 radical (unpaired) electrons. The first-order valence-corrected chi connectivity index (χ1v) is 13.3. The van der Waals surface area contributed by atoms with Gasteiger partial charge >= 0.3 is 0 Å². The number of fused-ring (bicyclic) bond motifs is 1. The van der Waals surface area contributed by atoms with Crippen molar-refractivity contribution in [2.24, 2.45) is 5.92 Å². The van der Waals surface area contributed by atoms with Crippen LogP contribution in [0.15, 0.2) is 12.3 Å². The smallest absolute Gasteiger partial charge is 0.224 e. The van der Waals surface area contributed by atoms with E-state index in [0.717, 1.165) is 45.0 Å². The van der Waals surface area contributed by atoms with Crippen LogP contribution in [0.25, 0.3) is 20.8 Å². The molecule has 5 N–H and O–H groups in total. The van der Waals surface area contributed by atoms with E-state index in [9.17, 15) is 15.3 Å². The molecule has 0 amide bonds. The van der Waals surface area contributed by atoms with Gasteiger partial charge in [0, 0.05) is 25.8 Å². The fourth-order valence-electron chi connectivity index (χ4n) is 5.61. The Kier molecular flexibility index (Phi) is 7.10. The minimum absolute atomic E-state index is 0.394. The van der Waals surface area contributed by atoms with Gasteiger partial charge in [-0.1, -0.05) is 12.8 Å².